The maximum Gasteiger partial charge on any atom is 0.305 e. The van der Waals surface area contributed by atoms with E-state index in [1.54, 1.807) is 0 Å². The minimum atomic E-state index is -0.933. The normalized spacial score (nSPS) is 19.3. The summed E-state index contributed by atoms with van der Waals surface area (Å²) in [7, 11) is 0. The topological polar surface area (TPSA) is 75.6 Å². The van der Waals surface area contributed by atoms with Gasteiger partial charge in [0.25, 0.3) is 0 Å². The number of nitrogens with one attached hydrogen (secondary N) is 1. The summed E-state index contributed by atoms with van der Waals surface area (Å²) in [5, 5.41) is 12.0. The Hall–Kier alpha value is -1.88. The second kappa shape index (κ2) is 7.13. The molecule has 0 saturated carbocycles. The van der Waals surface area contributed by atoms with E-state index < -0.39 is 12.0 Å². The van der Waals surface area contributed by atoms with Crippen molar-refractivity contribution in [1.82, 2.24) is 5.32 Å². The fourth-order valence-corrected chi connectivity index (χ4v) is 2.67. The lowest BCUT2D eigenvalue weighted by Gasteiger charge is -2.22. The van der Waals surface area contributed by atoms with Crippen molar-refractivity contribution in [3.8, 4) is 0 Å². The molecule has 1 aromatic carbocycles. The van der Waals surface area contributed by atoms with Gasteiger partial charge in [-0.25, -0.2) is 0 Å². The van der Waals surface area contributed by atoms with Gasteiger partial charge in [0.2, 0.25) is 5.91 Å². The predicted molar refractivity (Wildman–Crippen MR) is 87.2 cm³/mol. The molecule has 1 heterocycles. The number of benzene rings is 1. The highest BCUT2D eigenvalue weighted by atomic mass is 16.5. The first kappa shape index (κ1) is 17.5. The molecule has 0 spiro atoms. The van der Waals surface area contributed by atoms with Crippen molar-refractivity contribution in [3.05, 3.63) is 35.4 Å². The second-order valence-corrected chi connectivity index (χ2v) is 7.09. The number of carbonyl (C=O) groups is 2. The highest BCUT2D eigenvalue weighted by Crippen LogP contribution is 2.25. The lowest BCUT2D eigenvalue weighted by Crippen LogP contribution is -2.35. The minimum Gasteiger partial charge on any atom is -0.481 e. The van der Waals surface area contributed by atoms with E-state index in [1.165, 1.54) is 5.56 Å². The van der Waals surface area contributed by atoms with E-state index in [2.05, 4.69) is 26.1 Å². The van der Waals surface area contributed by atoms with Crippen molar-refractivity contribution >= 4 is 11.9 Å². The van der Waals surface area contributed by atoms with Crippen LogP contribution in [0.2, 0.25) is 0 Å². The number of amides is 1. The lowest BCUT2D eigenvalue weighted by atomic mass is 9.86. The monoisotopic (exact) mass is 319 g/mol. The summed E-state index contributed by atoms with van der Waals surface area (Å²) in [6.45, 7) is 7.37. The molecule has 0 aromatic heterocycles. The van der Waals surface area contributed by atoms with E-state index >= 15 is 0 Å². The van der Waals surface area contributed by atoms with Crippen LogP contribution in [-0.2, 0) is 19.7 Å². The van der Waals surface area contributed by atoms with Crippen molar-refractivity contribution in [2.45, 2.75) is 45.1 Å². The van der Waals surface area contributed by atoms with Crippen LogP contribution >= 0.6 is 0 Å². The molecular formula is C18H25NO4. The smallest absolute Gasteiger partial charge is 0.305 e. The number of ether oxygens (including phenoxy) is 1. The summed E-state index contributed by atoms with van der Waals surface area (Å²) in [6.07, 6.45) is 0.558. The van der Waals surface area contributed by atoms with Crippen molar-refractivity contribution < 1.29 is 19.4 Å². The first-order chi connectivity index (χ1) is 10.8. The average molecular weight is 319 g/mol. The summed E-state index contributed by atoms with van der Waals surface area (Å²) in [5.41, 5.74) is 2.02. The molecule has 5 heteroatoms. The molecule has 1 aromatic rings. The molecular weight excluding hydrogens is 294 g/mol. The Morgan fingerprint density at radius 2 is 1.96 bits per heavy atom. The zero-order chi connectivity index (χ0) is 17.0. The van der Waals surface area contributed by atoms with Crippen molar-refractivity contribution in [2.24, 2.45) is 5.92 Å². The molecule has 0 radical (unpaired) electrons. The van der Waals surface area contributed by atoms with Crippen LogP contribution in [-0.4, -0.2) is 30.2 Å². The fraction of sp³-hybridized carbons (Fsp3) is 0.556. The van der Waals surface area contributed by atoms with Gasteiger partial charge >= 0.3 is 5.97 Å². The lowest BCUT2D eigenvalue weighted by molar-refractivity contribution is -0.138. The van der Waals surface area contributed by atoms with E-state index in [-0.39, 0.29) is 23.7 Å². The highest BCUT2D eigenvalue weighted by Gasteiger charge is 2.27. The van der Waals surface area contributed by atoms with Crippen LogP contribution in [0.5, 0.6) is 0 Å². The SMILES string of the molecule is CC(C)(C)c1ccc(C(CC(=O)O)NC(=O)C2CCOC2)cc1. The number of carboxylic acids is 1. The number of carboxylic acid groups (broad SMARTS) is 1. The van der Waals surface area contributed by atoms with Gasteiger partial charge < -0.3 is 15.2 Å². The number of hydrogen-bond donors (Lipinski definition) is 2. The zero-order valence-electron chi connectivity index (χ0n) is 14.0. The van der Waals surface area contributed by atoms with Crippen molar-refractivity contribution in [2.75, 3.05) is 13.2 Å². The highest BCUT2D eigenvalue weighted by molar-refractivity contribution is 5.80. The van der Waals surface area contributed by atoms with Crippen molar-refractivity contribution in [1.29, 1.82) is 0 Å². The quantitative estimate of drug-likeness (QED) is 0.875. The number of rotatable bonds is 5. The first-order valence-corrected chi connectivity index (χ1v) is 7.97. The van der Waals surface area contributed by atoms with E-state index in [0.717, 1.165) is 5.56 Å². The molecule has 0 aliphatic carbocycles. The molecule has 5 nitrogen and oxygen atoms in total. The maximum atomic E-state index is 12.3. The van der Waals surface area contributed by atoms with Crippen LogP contribution in [0, 0.1) is 5.92 Å². The third kappa shape index (κ3) is 4.79. The number of hydrogen-bond acceptors (Lipinski definition) is 3. The third-order valence-corrected chi connectivity index (χ3v) is 4.17. The van der Waals surface area contributed by atoms with Gasteiger partial charge in [0, 0.05) is 6.61 Å². The molecule has 23 heavy (non-hydrogen) atoms. The van der Waals surface area contributed by atoms with Crippen LogP contribution < -0.4 is 5.32 Å². The van der Waals surface area contributed by atoms with Gasteiger partial charge in [-0.2, -0.15) is 0 Å². The van der Waals surface area contributed by atoms with E-state index in [9.17, 15) is 9.59 Å². The molecule has 1 aliphatic rings. The van der Waals surface area contributed by atoms with Gasteiger partial charge in [-0.15, -0.1) is 0 Å². The fourth-order valence-electron chi connectivity index (χ4n) is 2.67. The Morgan fingerprint density at radius 1 is 1.30 bits per heavy atom. The van der Waals surface area contributed by atoms with E-state index in [1.807, 2.05) is 24.3 Å². The van der Waals surface area contributed by atoms with Crippen LogP contribution in [0.15, 0.2) is 24.3 Å². The number of carbonyl (C=O) groups excluding carboxylic acids is 1. The van der Waals surface area contributed by atoms with Crippen LogP contribution in [0.3, 0.4) is 0 Å². The Kier molecular flexibility index (Phi) is 5.42. The zero-order valence-corrected chi connectivity index (χ0v) is 14.0. The largest absolute Gasteiger partial charge is 0.481 e. The summed E-state index contributed by atoms with van der Waals surface area (Å²) < 4.78 is 5.22. The second-order valence-electron chi connectivity index (χ2n) is 7.09. The summed E-state index contributed by atoms with van der Waals surface area (Å²) in [4.78, 5) is 23.4. The Balaban J connectivity index is 2.14. The molecule has 126 valence electrons. The van der Waals surface area contributed by atoms with E-state index in [0.29, 0.717) is 19.6 Å². The standard InChI is InChI=1S/C18H25NO4/c1-18(2,3)14-6-4-12(5-7-14)15(10-16(20)21)19-17(22)13-8-9-23-11-13/h4-7,13,15H,8-11H2,1-3H3,(H,19,22)(H,20,21). The van der Waals surface area contributed by atoms with Gasteiger partial charge in [0.1, 0.15) is 0 Å². The van der Waals surface area contributed by atoms with Gasteiger partial charge in [0.15, 0.2) is 0 Å². The summed E-state index contributed by atoms with van der Waals surface area (Å²) in [6, 6.07) is 7.28. The van der Waals surface area contributed by atoms with E-state index in [4.69, 9.17) is 9.84 Å². The molecule has 2 unspecified atom stereocenters. The van der Waals surface area contributed by atoms with Gasteiger partial charge in [-0.05, 0) is 23.0 Å². The summed E-state index contributed by atoms with van der Waals surface area (Å²) in [5.74, 6) is -1.24. The Bertz CT molecular complexity index is 553. The Morgan fingerprint density at radius 3 is 2.43 bits per heavy atom. The van der Waals surface area contributed by atoms with Crippen LogP contribution in [0.1, 0.15) is 50.8 Å². The molecule has 1 amide bonds. The average Bonchev–Trinajstić information content (AvgIpc) is 2.99. The van der Waals surface area contributed by atoms with Gasteiger partial charge in [-0.1, -0.05) is 45.0 Å². The third-order valence-electron chi connectivity index (χ3n) is 4.17. The molecule has 1 fully saturated rings. The van der Waals surface area contributed by atoms with Gasteiger partial charge in [0.05, 0.1) is 25.0 Å². The molecule has 0 bridgehead atoms. The van der Waals surface area contributed by atoms with Gasteiger partial charge in [-0.3, -0.25) is 9.59 Å². The molecule has 1 aliphatic heterocycles. The molecule has 2 N–H and O–H groups in total. The first-order valence-electron chi connectivity index (χ1n) is 7.97. The van der Waals surface area contributed by atoms with Crippen LogP contribution in [0.4, 0.5) is 0 Å². The molecule has 2 atom stereocenters. The maximum absolute atomic E-state index is 12.3. The molecule has 2 rings (SSSR count). The van der Waals surface area contributed by atoms with Crippen LogP contribution in [0.25, 0.3) is 0 Å². The Labute approximate surface area is 137 Å². The van der Waals surface area contributed by atoms with Crippen molar-refractivity contribution in [3.63, 3.8) is 0 Å². The minimum absolute atomic E-state index is 0.0330. The predicted octanol–water partition coefficient (Wildman–Crippen LogP) is 2.65. The number of aliphatic carboxylic acids is 1. The summed E-state index contributed by atoms with van der Waals surface area (Å²) >= 11 is 0. The molecule has 1 saturated heterocycles.